The summed E-state index contributed by atoms with van der Waals surface area (Å²) in [7, 11) is 0. The third kappa shape index (κ3) is 3.82. The maximum absolute atomic E-state index is 13.3. The lowest BCUT2D eigenvalue weighted by Crippen LogP contribution is -2.45. The van der Waals surface area contributed by atoms with Gasteiger partial charge in [-0.15, -0.1) is 0 Å². The number of aromatic amines is 1. The largest absolute Gasteiger partial charge is 0.358 e. The summed E-state index contributed by atoms with van der Waals surface area (Å²) >= 11 is 0. The molecular weight excluding hydrogens is 414 g/mol. The molecule has 1 saturated heterocycles. The molecule has 0 aliphatic carbocycles. The van der Waals surface area contributed by atoms with Crippen LogP contribution in [-0.2, 0) is 17.8 Å². The summed E-state index contributed by atoms with van der Waals surface area (Å²) < 4.78 is 5.67. The van der Waals surface area contributed by atoms with E-state index in [0.29, 0.717) is 24.8 Å². The quantitative estimate of drug-likeness (QED) is 0.510. The van der Waals surface area contributed by atoms with E-state index in [1.54, 1.807) is 0 Å². The lowest BCUT2D eigenvalue weighted by Gasteiger charge is -2.35. The molecule has 1 N–H and O–H groups in total. The van der Waals surface area contributed by atoms with Crippen molar-refractivity contribution in [3.63, 3.8) is 0 Å². The second-order valence-electron chi connectivity index (χ2n) is 9.00. The molecule has 33 heavy (non-hydrogen) atoms. The zero-order valence-corrected chi connectivity index (χ0v) is 18.5. The maximum atomic E-state index is 13.3. The molecule has 168 valence electrons. The second kappa shape index (κ2) is 8.48. The van der Waals surface area contributed by atoms with Crippen LogP contribution in [-0.4, -0.2) is 50.5 Å². The molecule has 2 aliphatic heterocycles. The molecule has 0 radical (unpaired) electrons. The van der Waals surface area contributed by atoms with Crippen LogP contribution >= 0.6 is 0 Å². The molecule has 1 fully saturated rings. The smallest absolute Gasteiger partial charge is 0.244 e. The summed E-state index contributed by atoms with van der Waals surface area (Å²) in [6.07, 6.45) is 3.97. The van der Waals surface area contributed by atoms with E-state index < -0.39 is 0 Å². The van der Waals surface area contributed by atoms with E-state index in [1.807, 2.05) is 41.3 Å². The van der Waals surface area contributed by atoms with Crippen molar-refractivity contribution in [1.29, 1.82) is 0 Å². The molecule has 0 saturated carbocycles. The number of hydrogen-bond donors (Lipinski definition) is 1. The van der Waals surface area contributed by atoms with Gasteiger partial charge >= 0.3 is 0 Å². The molecule has 1 amide bonds. The fourth-order valence-corrected chi connectivity index (χ4v) is 5.19. The van der Waals surface area contributed by atoms with E-state index in [1.165, 1.54) is 16.6 Å². The van der Waals surface area contributed by atoms with Crippen molar-refractivity contribution in [1.82, 2.24) is 24.9 Å². The number of fused-ring (bicyclic) bond motifs is 3. The first kappa shape index (κ1) is 20.2. The average Bonchev–Trinajstić information content (AvgIpc) is 3.50. The number of carbonyl (C=O) groups is 1. The Bertz CT molecular complexity index is 1280. The topological polar surface area (TPSA) is 78.3 Å². The zero-order chi connectivity index (χ0) is 22.2. The number of H-pyrrole nitrogens is 1. The van der Waals surface area contributed by atoms with Crippen LogP contribution in [0.3, 0.4) is 0 Å². The monoisotopic (exact) mass is 441 g/mol. The molecule has 2 aromatic heterocycles. The van der Waals surface area contributed by atoms with Gasteiger partial charge < -0.3 is 14.4 Å². The Labute approximate surface area is 192 Å². The third-order valence-corrected chi connectivity index (χ3v) is 6.95. The molecular formula is C26H27N5O2. The number of hydrogen-bond acceptors (Lipinski definition) is 5. The molecule has 7 heteroatoms. The van der Waals surface area contributed by atoms with Gasteiger partial charge in [0.1, 0.15) is 0 Å². The van der Waals surface area contributed by atoms with Crippen molar-refractivity contribution in [2.24, 2.45) is 0 Å². The van der Waals surface area contributed by atoms with Gasteiger partial charge in [-0.1, -0.05) is 60.1 Å². The molecule has 0 spiro atoms. The molecule has 0 bridgehead atoms. The van der Waals surface area contributed by atoms with Crippen molar-refractivity contribution in [3.05, 3.63) is 71.7 Å². The minimum absolute atomic E-state index is 0.0129. The van der Waals surface area contributed by atoms with Crippen LogP contribution in [0.5, 0.6) is 0 Å². The normalized spacial score (nSPS) is 19.0. The maximum Gasteiger partial charge on any atom is 0.244 e. The van der Waals surface area contributed by atoms with Crippen molar-refractivity contribution < 1.29 is 9.32 Å². The molecule has 7 nitrogen and oxygen atoms in total. The van der Waals surface area contributed by atoms with Gasteiger partial charge in [-0.25, -0.2) is 0 Å². The summed E-state index contributed by atoms with van der Waals surface area (Å²) in [5.74, 6) is 1.38. The van der Waals surface area contributed by atoms with E-state index in [0.717, 1.165) is 49.9 Å². The van der Waals surface area contributed by atoms with Gasteiger partial charge in [-0.05, 0) is 25.5 Å². The lowest BCUT2D eigenvalue weighted by atomic mass is 10.0. The Morgan fingerprint density at radius 1 is 1.06 bits per heavy atom. The Hall–Kier alpha value is -3.45. The fraction of sp³-hybridized carbons (Fsp3) is 0.346. The first-order chi connectivity index (χ1) is 16.3. The highest BCUT2D eigenvalue weighted by Gasteiger charge is 2.32. The van der Waals surface area contributed by atoms with Crippen LogP contribution in [0.4, 0.5) is 0 Å². The minimum atomic E-state index is -0.0129. The Kier molecular flexibility index (Phi) is 5.19. The number of benzene rings is 2. The molecule has 1 unspecified atom stereocenters. The standard InChI is InChI=1S/C26H27N5O2/c32-24(31-15-13-22-20(16-31)19-10-4-5-11-21(19)27-22)17-30-14-7-6-12-23(30)26-28-25(29-33-26)18-8-2-1-3-9-18/h1-5,8-11,23,27H,6-7,12-17H2. The third-order valence-electron chi connectivity index (χ3n) is 6.95. The van der Waals surface area contributed by atoms with Gasteiger partial charge in [0.25, 0.3) is 0 Å². The summed E-state index contributed by atoms with van der Waals surface area (Å²) in [6, 6.07) is 18.2. The van der Waals surface area contributed by atoms with Gasteiger partial charge in [0.05, 0.1) is 12.6 Å². The Balaban J connectivity index is 1.18. The molecule has 1 atom stereocenters. The number of rotatable bonds is 4. The Morgan fingerprint density at radius 3 is 2.82 bits per heavy atom. The van der Waals surface area contributed by atoms with Crippen LogP contribution in [0.25, 0.3) is 22.3 Å². The van der Waals surface area contributed by atoms with Crippen molar-refractivity contribution in [2.75, 3.05) is 19.6 Å². The van der Waals surface area contributed by atoms with Crippen molar-refractivity contribution in [2.45, 2.75) is 38.3 Å². The van der Waals surface area contributed by atoms with Crippen molar-refractivity contribution >= 4 is 16.8 Å². The second-order valence-corrected chi connectivity index (χ2v) is 9.00. The molecule has 2 aliphatic rings. The fourth-order valence-electron chi connectivity index (χ4n) is 5.19. The lowest BCUT2D eigenvalue weighted by molar-refractivity contribution is -0.134. The highest BCUT2D eigenvalue weighted by Crippen LogP contribution is 2.32. The number of likely N-dealkylation sites (tertiary alicyclic amines) is 1. The number of piperidine rings is 1. The highest BCUT2D eigenvalue weighted by molar-refractivity contribution is 5.86. The van der Waals surface area contributed by atoms with E-state index in [-0.39, 0.29) is 11.9 Å². The zero-order valence-electron chi connectivity index (χ0n) is 18.5. The predicted molar refractivity (Wildman–Crippen MR) is 125 cm³/mol. The molecule has 4 heterocycles. The predicted octanol–water partition coefficient (Wildman–Crippen LogP) is 4.33. The number of para-hydroxylation sites is 1. The van der Waals surface area contributed by atoms with Gasteiger partial charge in [0, 0.05) is 47.2 Å². The van der Waals surface area contributed by atoms with E-state index in [9.17, 15) is 4.79 Å². The van der Waals surface area contributed by atoms with Crippen LogP contribution in [0.15, 0.2) is 59.1 Å². The highest BCUT2D eigenvalue weighted by atomic mass is 16.5. The first-order valence-electron chi connectivity index (χ1n) is 11.8. The molecule has 6 rings (SSSR count). The summed E-state index contributed by atoms with van der Waals surface area (Å²) in [5, 5.41) is 5.42. The number of aromatic nitrogens is 3. The summed E-state index contributed by atoms with van der Waals surface area (Å²) in [5.41, 5.74) is 4.60. The summed E-state index contributed by atoms with van der Waals surface area (Å²) in [4.78, 5) is 25.8. The van der Waals surface area contributed by atoms with Gasteiger partial charge in [-0.3, -0.25) is 9.69 Å². The van der Waals surface area contributed by atoms with Gasteiger partial charge in [0.15, 0.2) is 0 Å². The summed E-state index contributed by atoms with van der Waals surface area (Å²) in [6.45, 7) is 2.66. The van der Waals surface area contributed by atoms with Crippen LogP contribution in [0.1, 0.15) is 42.5 Å². The minimum Gasteiger partial charge on any atom is -0.358 e. The number of carbonyl (C=O) groups excluding carboxylic acids is 1. The molecule has 4 aromatic rings. The van der Waals surface area contributed by atoms with Crippen LogP contribution in [0, 0.1) is 0 Å². The van der Waals surface area contributed by atoms with E-state index in [2.05, 4.69) is 38.2 Å². The van der Waals surface area contributed by atoms with Crippen molar-refractivity contribution in [3.8, 4) is 11.4 Å². The molecule has 2 aromatic carbocycles. The Morgan fingerprint density at radius 2 is 1.91 bits per heavy atom. The van der Waals surface area contributed by atoms with Crippen LogP contribution < -0.4 is 0 Å². The number of amides is 1. The average molecular weight is 442 g/mol. The number of nitrogens with zero attached hydrogens (tertiary/aromatic N) is 4. The van der Waals surface area contributed by atoms with E-state index in [4.69, 9.17) is 4.52 Å². The number of nitrogens with one attached hydrogen (secondary N) is 1. The van der Waals surface area contributed by atoms with Crippen LogP contribution in [0.2, 0.25) is 0 Å². The van der Waals surface area contributed by atoms with E-state index >= 15 is 0 Å². The van der Waals surface area contributed by atoms with Gasteiger partial charge in [0.2, 0.25) is 17.6 Å². The SMILES string of the molecule is O=C(CN1CCCCC1c1nc(-c2ccccc2)no1)N1CCc2[nH]c3ccccc3c2C1. The first-order valence-corrected chi connectivity index (χ1v) is 11.8. The van der Waals surface area contributed by atoms with Gasteiger partial charge in [-0.2, -0.15) is 4.98 Å².